The second-order valence-electron chi connectivity index (χ2n) is 8.38. The standard InChI is InChI=1S/C25H35N3O2/c1-7-20-11-13-21(14-12-20)23(16(2)3)27-19(6)25(30)26-15-22(29)28-24-17(4)9-8-10-18(24)5/h8-14,16,19,23,27H,7,15H2,1-6H3,(H,26,30)(H,28,29)/p+1/t19-,23-/m1/s1. The molecule has 0 spiro atoms. The third kappa shape index (κ3) is 6.42. The van der Waals surface area contributed by atoms with Gasteiger partial charge in [0.2, 0.25) is 5.91 Å². The number of amides is 2. The van der Waals surface area contributed by atoms with Crippen molar-refractivity contribution < 1.29 is 14.9 Å². The van der Waals surface area contributed by atoms with Crippen LogP contribution >= 0.6 is 0 Å². The summed E-state index contributed by atoms with van der Waals surface area (Å²) in [5.74, 6) is 0.0195. The number of benzene rings is 2. The van der Waals surface area contributed by atoms with E-state index in [0.29, 0.717) is 5.92 Å². The highest BCUT2D eigenvalue weighted by molar-refractivity contribution is 5.96. The van der Waals surface area contributed by atoms with Gasteiger partial charge in [-0.05, 0) is 43.9 Å². The van der Waals surface area contributed by atoms with E-state index in [9.17, 15) is 9.59 Å². The monoisotopic (exact) mass is 410 g/mol. The Hall–Kier alpha value is -2.66. The molecule has 0 bridgehead atoms. The molecule has 0 saturated heterocycles. The zero-order chi connectivity index (χ0) is 22.3. The molecule has 0 aliphatic heterocycles. The molecule has 4 N–H and O–H groups in total. The smallest absolute Gasteiger partial charge is 0.278 e. The minimum Gasteiger partial charge on any atom is -0.342 e. The Morgan fingerprint density at radius 2 is 1.57 bits per heavy atom. The van der Waals surface area contributed by atoms with Crippen LogP contribution < -0.4 is 16.0 Å². The van der Waals surface area contributed by atoms with Gasteiger partial charge in [0.1, 0.15) is 6.04 Å². The number of nitrogens with one attached hydrogen (secondary N) is 2. The van der Waals surface area contributed by atoms with Crippen molar-refractivity contribution in [3.8, 4) is 0 Å². The SMILES string of the molecule is CCc1ccc([C@H]([NH2+][C@H](C)C(=O)NCC(=O)Nc2c(C)cccc2C)C(C)C)cc1. The van der Waals surface area contributed by atoms with Crippen LogP contribution in [0, 0.1) is 19.8 Å². The van der Waals surface area contributed by atoms with Gasteiger partial charge in [-0.1, -0.05) is 63.2 Å². The first-order chi connectivity index (χ1) is 14.2. The summed E-state index contributed by atoms with van der Waals surface area (Å²) in [6, 6.07) is 14.4. The maximum atomic E-state index is 12.6. The van der Waals surface area contributed by atoms with Crippen LogP contribution in [0.2, 0.25) is 0 Å². The molecule has 0 aliphatic carbocycles. The number of hydrogen-bond donors (Lipinski definition) is 3. The maximum Gasteiger partial charge on any atom is 0.278 e. The van der Waals surface area contributed by atoms with E-state index >= 15 is 0 Å². The lowest BCUT2D eigenvalue weighted by molar-refractivity contribution is -0.719. The van der Waals surface area contributed by atoms with Gasteiger partial charge in [0.05, 0.1) is 6.54 Å². The van der Waals surface area contributed by atoms with E-state index in [-0.39, 0.29) is 30.4 Å². The fourth-order valence-corrected chi connectivity index (χ4v) is 3.62. The second kappa shape index (κ2) is 10.9. The summed E-state index contributed by atoms with van der Waals surface area (Å²) in [4.78, 5) is 24.9. The van der Waals surface area contributed by atoms with Crippen LogP contribution in [-0.4, -0.2) is 24.4 Å². The quantitative estimate of drug-likeness (QED) is 0.593. The number of anilines is 1. The van der Waals surface area contributed by atoms with Crippen molar-refractivity contribution in [3.63, 3.8) is 0 Å². The molecule has 0 saturated carbocycles. The predicted octanol–water partition coefficient (Wildman–Crippen LogP) is 3.27. The van der Waals surface area contributed by atoms with E-state index in [1.165, 1.54) is 11.1 Å². The van der Waals surface area contributed by atoms with Crippen molar-refractivity contribution >= 4 is 17.5 Å². The first-order valence-corrected chi connectivity index (χ1v) is 10.8. The summed E-state index contributed by atoms with van der Waals surface area (Å²) < 4.78 is 0. The fourth-order valence-electron chi connectivity index (χ4n) is 3.62. The average Bonchev–Trinajstić information content (AvgIpc) is 2.72. The minimum atomic E-state index is -0.295. The topological polar surface area (TPSA) is 74.8 Å². The van der Waals surface area contributed by atoms with Gasteiger partial charge in [-0.15, -0.1) is 0 Å². The lowest BCUT2D eigenvalue weighted by Gasteiger charge is -2.23. The zero-order valence-electron chi connectivity index (χ0n) is 19.1. The Labute approximate surface area is 180 Å². The average molecular weight is 411 g/mol. The van der Waals surface area contributed by atoms with E-state index in [1.807, 2.05) is 39.0 Å². The molecular weight excluding hydrogens is 374 g/mol. The van der Waals surface area contributed by atoms with Crippen molar-refractivity contribution in [2.45, 2.75) is 60.0 Å². The summed E-state index contributed by atoms with van der Waals surface area (Å²) in [5, 5.41) is 7.77. The second-order valence-corrected chi connectivity index (χ2v) is 8.38. The van der Waals surface area contributed by atoms with Crippen molar-refractivity contribution in [1.82, 2.24) is 5.32 Å². The van der Waals surface area contributed by atoms with Gasteiger partial charge in [0.25, 0.3) is 5.91 Å². The third-order valence-corrected chi connectivity index (χ3v) is 5.57. The highest BCUT2D eigenvalue weighted by atomic mass is 16.2. The van der Waals surface area contributed by atoms with Crippen molar-refractivity contribution in [2.24, 2.45) is 5.92 Å². The number of nitrogens with two attached hydrogens (primary N) is 1. The number of hydrogen-bond acceptors (Lipinski definition) is 2. The molecule has 2 aromatic carbocycles. The Morgan fingerprint density at radius 1 is 0.967 bits per heavy atom. The van der Waals surface area contributed by atoms with E-state index in [1.54, 1.807) is 0 Å². The lowest BCUT2D eigenvalue weighted by atomic mass is 9.94. The number of aryl methyl sites for hydroxylation is 3. The molecule has 0 fully saturated rings. The molecule has 0 aliphatic rings. The molecule has 0 unspecified atom stereocenters. The molecule has 162 valence electrons. The highest BCUT2D eigenvalue weighted by Crippen LogP contribution is 2.20. The minimum absolute atomic E-state index is 0.0394. The normalized spacial score (nSPS) is 13.0. The highest BCUT2D eigenvalue weighted by Gasteiger charge is 2.26. The molecule has 30 heavy (non-hydrogen) atoms. The Bertz CT molecular complexity index is 839. The number of carbonyl (C=O) groups is 2. The van der Waals surface area contributed by atoms with Gasteiger partial charge in [0, 0.05) is 17.2 Å². The molecule has 2 rings (SSSR count). The number of carbonyl (C=O) groups excluding carboxylic acids is 2. The summed E-state index contributed by atoms with van der Waals surface area (Å²) in [6.45, 7) is 12.2. The van der Waals surface area contributed by atoms with Crippen LogP contribution in [0.25, 0.3) is 0 Å². The maximum absolute atomic E-state index is 12.6. The third-order valence-electron chi connectivity index (χ3n) is 5.57. The fraction of sp³-hybridized carbons (Fsp3) is 0.440. The molecule has 5 heteroatoms. The first kappa shape index (κ1) is 23.6. The Morgan fingerprint density at radius 3 is 2.10 bits per heavy atom. The predicted molar refractivity (Wildman–Crippen MR) is 122 cm³/mol. The van der Waals surface area contributed by atoms with Gasteiger partial charge in [-0.3, -0.25) is 9.59 Å². The summed E-state index contributed by atoms with van der Waals surface area (Å²) in [7, 11) is 0. The molecule has 2 amide bonds. The van der Waals surface area contributed by atoms with Crippen LogP contribution in [0.5, 0.6) is 0 Å². The van der Waals surface area contributed by atoms with Gasteiger partial charge in [0.15, 0.2) is 6.04 Å². The van der Waals surface area contributed by atoms with Gasteiger partial charge < -0.3 is 16.0 Å². The largest absolute Gasteiger partial charge is 0.342 e. The van der Waals surface area contributed by atoms with Crippen LogP contribution in [0.15, 0.2) is 42.5 Å². The van der Waals surface area contributed by atoms with Crippen molar-refractivity contribution in [1.29, 1.82) is 0 Å². The Balaban J connectivity index is 1.92. The Kier molecular flexibility index (Phi) is 8.60. The first-order valence-electron chi connectivity index (χ1n) is 10.8. The number of para-hydroxylation sites is 1. The van der Waals surface area contributed by atoms with Gasteiger partial charge in [-0.2, -0.15) is 0 Å². The number of quaternary nitrogens is 1. The van der Waals surface area contributed by atoms with Crippen molar-refractivity contribution in [2.75, 3.05) is 11.9 Å². The molecule has 0 aromatic heterocycles. The summed E-state index contributed by atoms with van der Waals surface area (Å²) >= 11 is 0. The van der Waals surface area contributed by atoms with Gasteiger partial charge in [-0.25, -0.2) is 0 Å². The van der Waals surface area contributed by atoms with Crippen molar-refractivity contribution in [3.05, 3.63) is 64.7 Å². The summed E-state index contributed by atoms with van der Waals surface area (Å²) in [5.41, 5.74) is 5.35. The van der Waals surface area contributed by atoms with E-state index in [2.05, 4.69) is 61.0 Å². The molecular formula is C25H36N3O2+. The lowest BCUT2D eigenvalue weighted by Crippen LogP contribution is -2.93. The molecule has 2 aromatic rings. The van der Waals surface area contributed by atoms with Crippen LogP contribution in [0.4, 0.5) is 5.69 Å². The molecule has 0 radical (unpaired) electrons. The van der Waals surface area contributed by atoms with Gasteiger partial charge >= 0.3 is 0 Å². The van der Waals surface area contributed by atoms with E-state index < -0.39 is 0 Å². The van der Waals surface area contributed by atoms with E-state index in [0.717, 1.165) is 23.2 Å². The van der Waals surface area contributed by atoms with Crippen LogP contribution in [-0.2, 0) is 16.0 Å². The van der Waals surface area contributed by atoms with Crippen LogP contribution in [0.1, 0.15) is 56.0 Å². The van der Waals surface area contributed by atoms with E-state index in [4.69, 9.17) is 0 Å². The molecule has 0 heterocycles. The molecule has 5 nitrogen and oxygen atoms in total. The summed E-state index contributed by atoms with van der Waals surface area (Å²) in [6.07, 6.45) is 1.01. The zero-order valence-corrected chi connectivity index (χ0v) is 19.1. The van der Waals surface area contributed by atoms with Crippen LogP contribution in [0.3, 0.4) is 0 Å². The molecule has 2 atom stereocenters. The number of rotatable bonds is 9.